The zero-order chi connectivity index (χ0) is 14.3. The lowest BCUT2D eigenvalue weighted by molar-refractivity contribution is 0.0697. The van der Waals surface area contributed by atoms with Gasteiger partial charge in [-0.15, -0.1) is 0 Å². The monoisotopic (exact) mass is 264 g/mol. The molecule has 20 heavy (non-hydrogen) atoms. The first kappa shape index (κ1) is 12.7. The van der Waals surface area contributed by atoms with E-state index in [9.17, 15) is 9.90 Å². The van der Waals surface area contributed by atoms with Crippen molar-refractivity contribution in [3.8, 4) is 0 Å². The maximum Gasteiger partial charge on any atom is 0.336 e. The molecule has 0 aliphatic rings. The quantitative estimate of drug-likeness (QED) is 0.674. The molecule has 0 radical (unpaired) electrons. The number of aromatic carboxylic acids is 1. The zero-order valence-corrected chi connectivity index (χ0v) is 11.6. The third-order valence-corrected chi connectivity index (χ3v) is 3.79. The molecule has 100 valence electrons. The Morgan fingerprint density at radius 3 is 2.30 bits per heavy atom. The molecule has 3 aromatic rings. The predicted molar refractivity (Wildman–Crippen MR) is 82.5 cm³/mol. The highest BCUT2D eigenvalue weighted by Crippen LogP contribution is 2.32. The summed E-state index contributed by atoms with van der Waals surface area (Å²) in [5.41, 5.74) is 1.32. The third-order valence-electron chi connectivity index (χ3n) is 3.79. The second-order valence-electron chi connectivity index (χ2n) is 5.37. The van der Waals surface area contributed by atoms with Crippen molar-refractivity contribution in [2.75, 3.05) is 0 Å². The molecule has 0 spiro atoms. The van der Waals surface area contributed by atoms with E-state index in [2.05, 4.69) is 0 Å². The van der Waals surface area contributed by atoms with Gasteiger partial charge < -0.3 is 5.11 Å². The van der Waals surface area contributed by atoms with Gasteiger partial charge >= 0.3 is 5.97 Å². The van der Waals surface area contributed by atoms with Crippen LogP contribution in [-0.4, -0.2) is 11.1 Å². The van der Waals surface area contributed by atoms with Crippen molar-refractivity contribution >= 4 is 27.5 Å². The van der Waals surface area contributed by atoms with E-state index in [1.807, 2.05) is 62.4 Å². The molecule has 0 saturated carbocycles. The van der Waals surface area contributed by atoms with E-state index >= 15 is 0 Å². The molecule has 0 unspecified atom stereocenters. The van der Waals surface area contributed by atoms with Gasteiger partial charge in [-0.2, -0.15) is 0 Å². The van der Waals surface area contributed by atoms with Crippen molar-refractivity contribution in [2.24, 2.45) is 0 Å². The Kier molecular flexibility index (Phi) is 2.94. The lowest BCUT2D eigenvalue weighted by Gasteiger charge is -2.14. The second kappa shape index (κ2) is 4.64. The van der Waals surface area contributed by atoms with Crippen LogP contribution in [0.5, 0.6) is 0 Å². The van der Waals surface area contributed by atoms with Crippen molar-refractivity contribution in [3.63, 3.8) is 0 Å². The van der Waals surface area contributed by atoms with E-state index in [0.29, 0.717) is 5.56 Å². The standard InChI is InChI=1S/C18H16O2/c1-11(2)13-9-10-15-14-6-4-3-5-12(14)7-8-16(15)17(13)18(19)20/h3-11H,1-2H3,(H,19,20). The lowest BCUT2D eigenvalue weighted by Crippen LogP contribution is -2.05. The van der Waals surface area contributed by atoms with Crippen LogP contribution in [0.2, 0.25) is 0 Å². The van der Waals surface area contributed by atoms with Crippen molar-refractivity contribution in [1.29, 1.82) is 0 Å². The topological polar surface area (TPSA) is 37.3 Å². The molecule has 1 N–H and O–H groups in total. The van der Waals surface area contributed by atoms with Gasteiger partial charge in [-0.3, -0.25) is 0 Å². The molecule has 2 nitrogen and oxygen atoms in total. The largest absolute Gasteiger partial charge is 0.478 e. The molecule has 0 aromatic heterocycles. The average Bonchev–Trinajstić information content (AvgIpc) is 2.45. The Bertz CT molecular complexity index is 816. The Morgan fingerprint density at radius 2 is 1.60 bits per heavy atom. The van der Waals surface area contributed by atoms with Crippen LogP contribution in [0.25, 0.3) is 21.5 Å². The summed E-state index contributed by atoms with van der Waals surface area (Å²) in [5.74, 6) is -0.661. The van der Waals surface area contributed by atoms with Crippen LogP contribution in [0.15, 0.2) is 48.5 Å². The van der Waals surface area contributed by atoms with Crippen molar-refractivity contribution < 1.29 is 9.90 Å². The summed E-state index contributed by atoms with van der Waals surface area (Å²) in [6, 6.07) is 16.0. The maximum atomic E-state index is 11.7. The van der Waals surface area contributed by atoms with E-state index in [0.717, 1.165) is 27.1 Å². The van der Waals surface area contributed by atoms with Crippen LogP contribution in [-0.2, 0) is 0 Å². The number of hydrogen-bond acceptors (Lipinski definition) is 1. The molecule has 3 aromatic carbocycles. The SMILES string of the molecule is CC(C)c1ccc2c(ccc3ccccc32)c1C(=O)O. The number of benzene rings is 3. The number of rotatable bonds is 2. The van der Waals surface area contributed by atoms with Crippen LogP contribution >= 0.6 is 0 Å². The summed E-state index contributed by atoms with van der Waals surface area (Å²) in [6.07, 6.45) is 0. The fourth-order valence-electron chi connectivity index (χ4n) is 2.82. The van der Waals surface area contributed by atoms with Gasteiger partial charge in [-0.1, -0.05) is 62.4 Å². The lowest BCUT2D eigenvalue weighted by atomic mass is 9.90. The fourth-order valence-corrected chi connectivity index (χ4v) is 2.82. The van der Waals surface area contributed by atoms with Crippen LogP contribution in [0.3, 0.4) is 0 Å². The zero-order valence-electron chi connectivity index (χ0n) is 11.6. The molecule has 0 saturated heterocycles. The van der Waals surface area contributed by atoms with Crippen molar-refractivity contribution in [2.45, 2.75) is 19.8 Å². The summed E-state index contributed by atoms with van der Waals surface area (Å²) < 4.78 is 0. The molecular formula is C18H16O2. The summed E-state index contributed by atoms with van der Waals surface area (Å²) in [6.45, 7) is 4.04. The minimum absolute atomic E-state index is 0.192. The first-order valence-corrected chi connectivity index (χ1v) is 6.77. The molecular weight excluding hydrogens is 248 g/mol. The molecule has 0 amide bonds. The van der Waals surface area contributed by atoms with Gasteiger partial charge in [0.2, 0.25) is 0 Å². The highest BCUT2D eigenvalue weighted by Gasteiger charge is 2.17. The highest BCUT2D eigenvalue weighted by molar-refractivity contribution is 6.14. The smallest absolute Gasteiger partial charge is 0.336 e. The van der Waals surface area contributed by atoms with Gasteiger partial charge in [0.15, 0.2) is 0 Å². The van der Waals surface area contributed by atoms with Gasteiger partial charge in [0.05, 0.1) is 5.56 Å². The van der Waals surface area contributed by atoms with Crippen molar-refractivity contribution in [3.05, 3.63) is 59.7 Å². The number of carbonyl (C=O) groups is 1. The van der Waals surface area contributed by atoms with E-state index in [4.69, 9.17) is 0 Å². The summed E-state index contributed by atoms with van der Waals surface area (Å²) in [7, 11) is 0. The first-order chi connectivity index (χ1) is 9.59. The molecule has 0 fully saturated rings. The maximum absolute atomic E-state index is 11.7. The normalized spacial score (nSPS) is 11.3. The second-order valence-corrected chi connectivity index (χ2v) is 5.37. The number of hydrogen-bond donors (Lipinski definition) is 1. The van der Waals surface area contributed by atoms with Gasteiger partial charge in [-0.25, -0.2) is 4.79 Å². The van der Waals surface area contributed by atoms with Gasteiger partial charge in [0.25, 0.3) is 0 Å². The Labute approximate surface area is 117 Å². The van der Waals surface area contributed by atoms with Gasteiger partial charge in [0.1, 0.15) is 0 Å². The van der Waals surface area contributed by atoms with Crippen molar-refractivity contribution in [1.82, 2.24) is 0 Å². The Hall–Kier alpha value is -2.35. The number of carboxylic acids is 1. The number of carboxylic acid groups (broad SMARTS) is 1. The van der Waals surface area contributed by atoms with Crippen LogP contribution < -0.4 is 0 Å². The minimum atomic E-state index is -0.852. The van der Waals surface area contributed by atoms with Gasteiger partial charge in [-0.05, 0) is 33.0 Å². The van der Waals surface area contributed by atoms with Crippen LogP contribution in [0.4, 0.5) is 0 Å². The van der Waals surface area contributed by atoms with Gasteiger partial charge in [0, 0.05) is 0 Å². The molecule has 0 heterocycles. The molecule has 0 aliphatic heterocycles. The van der Waals surface area contributed by atoms with E-state index in [1.165, 1.54) is 0 Å². The number of fused-ring (bicyclic) bond motifs is 3. The fraction of sp³-hybridized carbons (Fsp3) is 0.167. The summed E-state index contributed by atoms with van der Waals surface area (Å²) in [5, 5.41) is 13.6. The summed E-state index contributed by atoms with van der Waals surface area (Å²) in [4.78, 5) is 11.7. The van der Waals surface area contributed by atoms with E-state index < -0.39 is 5.97 Å². The van der Waals surface area contributed by atoms with Crippen LogP contribution in [0, 0.1) is 0 Å². The van der Waals surface area contributed by atoms with E-state index in [1.54, 1.807) is 0 Å². The summed E-state index contributed by atoms with van der Waals surface area (Å²) >= 11 is 0. The van der Waals surface area contributed by atoms with Crippen LogP contribution in [0.1, 0.15) is 35.7 Å². The predicted octanol–water partition coefficient (Wildman–Crippen LogP) is 4.81. The Balaban J connectivity index is 2.49. The minimum Gasteiger partial charge on any atom is -0.478 e. The highest BCUT2D eigenvalue weighted by atomic mass is 16.4. The molecule has 0 atom stereocenters. The molecule has 3 rings (SSSR count). The third kappa shape index (κ3) is 1.85. The molecule has 2 heteroatoms. The average molecular weight is 264 g/mol. The molecule has 0 bridgehead atoms. The molecule has 0 aliphatic carbocycles. The van der Waals surface area contributed by atoms with E-state index in [-0.39, 0.29) is 5.92 Å². The Morgan fingerprint density at radius 1 is 0.900 bits per heavy atom. The first-order valence-electron chi connectivity index (χ1n) is 6.77.